The van der Waals surface area contributed by atoms with Crippen LogP contribution in [0.4, 0.5) is 16.5 Å². The first-order valence-corrected chi connectivity index (χ1v) is 9.84. The standard InChI is InChI=1S/C21H19N3O4S/c1-12-19(25)24(2)17-10-13(7-8-18(17)28-12)16-11-29-21(23-16)22-15-6-4-5-14(9-15)20(26)27-3/h4-12H,1-3H3,(H,22,23). The van der Waals surface area contributed by atoms with Crippen LogP contribution in [0.3, 0.4) is 0 Å². The molecule has 0 fully saturated rings. The Hall–Kier alpha value is -3.39. The average Bonchev–Trinajstić information content (AvgIpc) is 3.20. The van der Waals surface area contributed by atoms with Gasteiger partial charge in [0.05, 0.1) is 24.1 Å². The van der Waals surface area contributed by atoms with E-state index in [0.29, 0.717) is 16.4 Å². The van der Waals surface area contributed by atoms with Crippen molar-refractivity contribution in [3.63, 3.8) is 0 Å². The Bertz CT molecular complexity index is 1100. The van der Waals surface area contributed by atoms with Gasteiger partial charge in [-0.15, -0.1) is 11.3 Å². The lowest BCUT2D eigenvalue weighted by molar-refractivity contribution is -0.125. The number of esters is 1. The lowest BCUT2D eigenvalue weighted by Crippen LogP contribution is -2.41. The van der Waals surface area contributed by atoms with Gasteiger partial charge in [-0.05, 0) is 43.3 Å². The summed E-state index contributed by atoms with van der Waals surface area (Å²) in [6, 6.07) is 12.7. The molecule has 0 radical (unpaired) electrons. The van der Waals surface area contributed by atoms with E-state index in [1.165, 1.54) is 18.4 Å². The summed E-state index contributed by atoms with van der Waals surface area (Å²) < 4.78 is 10.4. The number of hydrogen-bond donors (Lipinski definition) is 1. The van der Waals surface area contributed by atoms with Crippen LogP contribution >= 0.6 is 11.3 Å². The summed E-state index contributed by atoms with van der Waals surface area (Å²) in [4.78, 5) is 30.1. The third-order valence-corrected chi connectivity index (χ3v) is 5.39. The van der Waals surface area contributed by atoms with Crippen molar-refractivity contribution in [2.45, 2.75) is 13.0 Å². The molecule has 1 amide bonds. The normalized spacial score (nSPS) is 15.5. The second kappa shape index (κ2) is 7.56. The van der Waals surface area contributed by atoms with Crippen LogP contribution in [0.15, 0.2) is 47.8 Å². The number of thiazole rings is 1. The second-order valence-corrected chi connectivity index (χ2v) is 7.43. The highest BCUT2D eigenvalue weighted by Crippen LogP contribution is 2.37. The van der Waals surface area contributed by atoms with E-state index in [9.17, 15) is 9.59 Å². The van der Waals surface area contributed by atoms with Crippen LogP contribution in [-0.2, 0) is 9.53 Å². The first kappa shape index (κ1) is 18.9. The molecule has 0 bridgehead atoms. The van der Waals surface area contributed by atoms with Gasteiger partial charge in [-0.1, -0.05) is 6.07 Å². The number of amides is 1. The summed E-state index contributed by atoms with van der Waals surface area (Å²) in [6.45, 7) is 1.74. The molecule has 1 aromatic heterocycles. The van der Waals surface area contributed by atoms with Gasteiger partial charge in [0.25, 0.3) is 5.91 Å². The van der Waals surface area contributed by atoms with Crippen LogP contribution in [0.1, 0.15) is 17.3 Å². The fourth-order valence-corrected chi connectivity index (χ4v) is 3.84. The number of nitrogens with zero attached hydrogens (tertiary/aromatic N) is 2. The third-order valence-electron chi connectivity index (χ3n) is 4.64. The number of carbonyl (C=O) groups excluding carboxylic acids is 2. The molecule has 3 aromatic rings. The van der Waals surface area contributed by atoms with Crippen LogP contribution in [0.2, 0.25) is 0 Å². The Morgan fingerprint density at radius 1 is 1.28 bits per heavy atom. The molecular weight excluding hydrogens is 390 g/mol. The molecule has 1 aliphatic heterocycles. The first-order chi connectivity index (χ1) is 14.0. The molecule has 0 aliphatic carbocycles. The number of carbonyl (C=O) groups is 2. The number of methoxy groups -OCH3 is 1. The van der Waals surface area contributed by atoms with Crippen LogP contribution in [-0.4, -0.2) is 37.1 Å². The number of ether oxygens (including phenoxy) is 2. The topological polar surface area (TPSA) is 80.8 Å². The first-order valence-electron chi connectivity index (χ1n) is 8.96. The van der Waals surface area contributed by atoms with E-state index in [2.05, 4.69) is 10.3 Å². The maximum absolute atomic E-state index is 12.2. The van der Waals surface area contributed by atoms with E-state index < -0.39 is 12.1 Å². The Morgan fingerprint density at radius 3 is 2.90 bits per heavy atom. The van der Waals surface area contributed by atoms with Crippen LogP contribution in [0.5, 0.6) is 5.75 Å². The molecule has 2 aromatic carbocycles. The molecule has 1 aliphatic rings. The highest BCUT2D eigenvalue weighted by Gasteiger charge is 2.29. The number of hydrogen-bond acceptors (Lipinski definition) is 7. The molecular formula is C21H19N3O4S. The molecule has 1 atom stereocenters. The molecule has 29 heavy (non-hydrogen) atoms. The molecule has 0 saturated carbocycles. The quantitative estimate of drug-likeness (QED) is 0.654. The van der Waals surface area contributed by atoms with Crippen LogP contribution in [0.25, 0.3) is 11.3 Å². The van der Waals surface area contributed by atoms with Crippen molar-refractivity contribution in [1.82, 2.24) is 4.98 Å². The van der Waals surface area contributed by atoms with Crippen molar-refractivity contribution in [3.05, 3.63) is 53.4 Å². The summed E-state index contributed by atoms with van der Waals surface area (Å²) in [5.41, 5.74) is 3.59. The number of likely N-dealkylation sites (N-methyl/N-ethyl adjacent to an activating group) is 1. The predicted molar refractivity (Wildman–Crippen MR) is 112 cm³/mol. The summed E-state index contributed by atoms with van der Waals surface area (Å²) in [6.07, 6.45) is -0.492. The molecule has 0 spiro atoms. The zero-order chi connectivity index (χ0) is 20.5. The van der Waals surface area contributed by atoms with Crippen molar-refractivity contribution < 1.29 is 19.1 Å². The molecule has 148 valence electrons. The summed E-state index contributed by atoms with van der Waals surface area (Å²) in [7, 11) is 3.09. The number of benzene rings is 2. The number of aromatic nitrogens is 1. The van der Waals surface area contributed by atoms with Gasteiger partial charge in [-0.2, -0.15) is 0 Å². The predicted octanol–water partition coefficient (Wildman–Crippen LogP) is 4.08. The highest BCUT2D eigenvalue weighted by atomic mass is 32.1. The van der Waals surface area contributed by atoms with Gasteiger partial charge in [0, 0.05) is 23.7 Å². The summed E-state index contributed by atoms with van der Waals surface area (Å²) in [5, 5.41) is 5.83. The van der Waals surface area contributed by atoms with Gasteiger partial charge in [0.15, 0.2) is 11.2 Å². The van der Waals surface area contributed by atoms with Gasteiger partial charge >= 0.3 is 5.97 Å². The van der Waals surface area contributed by atoms with Gasteiger partial charge in [0.1, 0.15) is 5.75 Å². The van der Waals surface area contributed by atoms with Crippen molar-refractivity contribution in [2.24, 2.45) is 0 Å². The fourth-order valence-electron chi connectivity index (χ4n) is 3.10. The second-order valence-electron chi connectivity index (χ2n) is 6.58. The Labute approximate surface area is 171 Å². The molecule has 0 saturated heterocycles. The van der Waals surface area contributed by atoms with E-state index in [0.717, 1.165) is 22.6 Å². The fraction of sp³-hybridized carbons (Fsp3) is 0.190. The van der Waals surface area contributed by atoms with Crippen molar-refractivity contribution in [2.75, 3.05) is 24.4 Å². The van der Waals surface area contributed by atoms with Crippen LogP contribution < -0.4 is 15.0 Å². The van der Waals surface area contributed by atoms with E-state index in [1.54, 1.807) is 37.1 Å². The highest BCUT2D eigenvalue weighted by molar-refractivity contribution is 7.14. The maximum atomic E-state index is 12.2. The monoisotopic (exact) mass is 409 g/mol. The van der Waals surface area contributed by atoms with Gasteiger partial charge in [-0.25, -0.2) is 9.78 Å². The third kappa shape index (κ3) is 3.66. The zero-order valence-electron chi connectivity index (χ0n) is 16.1. The number of fused-ring (bicyclic) bond motifs is 1. The Morgan fingerprint density at radius 2 is 2.10 bits per heavy atom. The number of nitrogens with one attached hydrogen (secondary N) is 1. The van der Waals surface area contributed by atoms with E-state index >= 15 is 0 Å². The number of rotatable bonds is 4. The van der Waals surface area contributed by atoms with Crippen molar-refractivity contribution in [1.29, 1.82) is 0 Å². The van der Waals surface area contributed by atoms with Gasteiger partial charge < -0.3 is 19.7 Å². The maximum Gasteiger partial charge on any atom is 0.337 e. The Balaban J connectivity index is 1.57. The SMILES string of the molecule is COC(=O)c1cccc(Nc2nc(-c3ccc4c(c3)N(C)C(=O)C(C)O4)cs2)c1. The smallest absolute Gasteiger partial charge is 0.337 e. The minimum absolute atomic E-state index is 0.0826. The summed E-state index contributed by atoms with van der Waals surface area (Å²) in [5.74, 6) is 0.204. The molecule has 1 unspecified atom stereocenters. The molecule has 4 rings (SSSR count). The van der Waals surface area contributed by atoms with Crippen molar-refractivity contribution >= 4 is 39.7 Å². The molecule has 1 N–H and O–H groups in total. The van der Waals surface area contributed by atoms with Gasteiger partial charge in [0.2, 0.25) is 0 Å². The van der Waals surface area contributed by atoms with E-state index in [-0.39, 0.29) is 5.91 Å². The zero-order valence-corrected chi connectivity index (χ0v) is 16.9. The van der Waals surface area contributed by atoms with Crippen LogP contribution in [0, 0.1) is 0 Å². The largest absolute Gasteiger partial charge is 0.479 e. The van der Waals surface area contributed by atoms with Crippen molar-refractivity contribution in [3.8, 4) is 17.0 Å². The Kier molecular flexibility index (Phi) is 4.94. The molecule has 7 nitrogen and oxygen atoms in total. The van der Waals surface area contributed by atoms with E-state index in [4.69, 9.17) is 9.47 Å². The molecule has 2 heterocycles. The lowest BCUT2D eigenvalue weighted by atomic mass is 10.1. The minimum atomic E-state index is -0.492. The molecule has 8 heteroatoms. The number of anilines is 3. The van der Waals surface area contributed by atoms with E-state index in [1.807, 2.05) is 29.6 Å². The summed E-state index contributed by atoms with van der Waals surface area (Å²) >= 11 is 1.45. The minimum Gasteiger partial charge on any atom is -0.479 e. The van der Waals surface area contributed by atoms with Gasteiger partial charge in [-0.3, -0.25) is 4.79 Å². The average molecular weight is 409 g/mol. The lowest BCUT2D eigenvalue weighted by Gasteiger charge is -2.30.